The summed E-state index contributed by atoms with van der Waals surface area (Å²) >= 11 is 0. The summed E-state index contributed by atoms with van der Waals surface area (Å²) in [6, 6.07) is 16.3. The molecule has 4 nitrogen and oxygen atoms in total. The van der Waals surface area contributed by atoms with Gasteiger partial charge in [-0.05, 0) is 36.4 Å². The Bertz CT molecular complexity index is 688. The summed E-state index contributed by atoms with van der Waals surface area (Å²) in [6.07, 6.45) is 1.33. The number of para-hydroxylation sites is 1. The maximum Gasteiger partial charge on any atom is 0.267 e. The number of halogens is 1. The average molecular weight is 281 g/mol. The van der Waals surface area contributed by atoms with E-state index in [1.807, 2.05) is 36.4 Å². The van der Waals surface area contributed by atoms with E-state index in [2.05, 4.69) is 10.6 Å². The highest BCUT2D eigenvalue weighted by atomic mass is 19.1. The smallest absolute Gasteiger partial charge is 0.267 e. The van der Waals surface area contributed by atoms with Crippen LogP contribution >= 0.6 is 0 Å². The molecule has 0 heterocycles. The summed E-state index contributed by atoms with van der Waals surface area (Å²) in [6.45, 7) is 0. The Kier molecular flexibility index (Phi) is 4.67. The maximum atomic E-state index is 12.8. The highest BCUT2D eigenvalue weighted by molar-refractivity contribution is 6.06. The van der Waals surface area contributed by atoms with Crippen LogP contribution in [0.25, 0.3) is 0 Å². The molecule has 0 unspecified atom stereocenters. The lowest BCUT2D eigenvalue weighted by atomic mass is 10.2. The van der Waals surface area contributed by atoms with Crippen molar-refractivity contribution in [2.45, 2.75) is 0 Å². The predicted molar refractivity (Wildman–Crippen MR) is 78.8 cm³/mol. The molecule has 0 atom stereocenters. The number of hydrogen-bond donors (Lipinski definition) is 2. The Morgan fingerprint density at radius 2 is 1.71 bits per heavy atom. The number of amides is 1. The van der Waals surface area contributed by atoms with E-state index < -0.39 is 11.7 Å². The molecule has 1 amide bonds. The van der Waals surface area contributed by atoms with E-state index >= 15 is 0 Å². The quantitative estimate of drug-likeness (QED) is 0.667. The molecular weight excluding hydrogens is 269 g/mol. The van der Waals surface area contributed by atoms with Crippen LogP contribution in [0.4, 0.5) is 15.8 Å². The SMILES string of the molecule is N#C/C(=C/Nc1ccccc1)C(=O)Nc1ccc(F)cc1. The first-order chi connectivity index (χ1) is 10.2. The number of carbonyl (C=O) groups is 1. The lowest BCUT2D eigenvalue weighted by Gasteiger charge is -2.05. The molecule has 2 N–H and O–H groups in total. The van der Waals surface area contributed by atoms with Gasteiger partial charge in [0.15, 0.2) is 0 Å². The number of nitrogens with one attached hydrogen (secondary N) is 2. The van der Waals surface area contributed by atoms with Gasteiger partial charge in [0.05, 0.1) is 0 Å². The fraction of sp³-hybridized carbons (Fsp3) is 0. The standard InChI is InChI=1S/C16H12FN3O/c17-13-6-8-15(9-7-13)20-16(21)12(10-18)11-19-14-4-2-1-3-5-14/h1-9,11,19H,(H,20,21)/b12-11-. The predicted octanol–water partition coefficient (Wildman–Crippen LogP) is 3.28. The lowest BCUT2D eigenvalue weighted by molar-refractivity contribution is -0.112. The molecule has 21 heavy (non-hydrogen) atoms. The number of hydrogen-bond acceptors (Lipinski definition) is 3. The van der Waals surface area contributed by atoms with Crippen LogP contribution in [0.15, 0.2) is 66.4 Å². The van der Waals surface area contributed by atoms with Gasteiger partial charge in [0.25, 0.3) is 5.91 Å². The zero-order chi connectivity index (χ0) is 15.1. The molecule has 0 bridgehead atoms. The zero-order valence-electron chi connectivity index (χ0n) is 11.0. The van der Waals surface area contributed by atoms with Gasteiger partial charge in [0.2, 0.25) is 0 Å². The molecule has 0 fully saturated rings. The number of nitriles is 1. The Balaban J connectivity index is 2.05. The first-order valence-corrected chi connectivity index (χ1v) is 6.18. The molecule has 104 valence electrons. The summed E-state index contributed by atoms with van der Waals surface area (Å²) in [7, 11) is 0. The summed E-state index contributed by atoms with van der Waals surface area (Å²) in [5, 5.41) is 14.4. The van der Waals surface area contributed by atoms with Gasteiger partial charge in [-0.3, -0.25) is 4.79 Å². The average Bonchev–Trinajstić information content (AvgIpc) is 2.51. The fourth-order valence-electron chi connectivity index (χ4n) is 1.57. The summed E-state index contributed by atoms with van der Waals surface area (Å²) in [4.78, 5) is 11.9. The van der Waals surface area contributed by atoms with E-state index in [0.29, 0.717) is 5.69 Å². The fourth-order valence-corrected chi connectivity index (χ4v) is 1.57. The van der Waals surface area contributed by atoms with Crippen LogP contribution in [0.1, 0.15) is 0 Å². The number of rotatable bonds is 4. The van der Waals surface area contributed by atoms with Gasteiger partial charge < -0.3 is 10.6 Å². The molecule has 5 heteroatoms. The topological polar surface area (TPSA) is 64.9 Å². The van der Waals surface area contributed by atoms with Gasteiger partial charge in [-0.15, -0.1) is 0 Å². The van der Waals surface area contributed by atoms with E-state index in [1.165, 1.54) is 30.5 Å². The van der Waals surface area contributed by atoms with Crippen molar-refractivity contribution in [2.75, 3.05) is 10.6 Å². The highest BCUT2D eigenvalue weighted by Crippen LogP contribution is 2.10. The third-order valence-electron chi connectivity index (χ3n) is 2.62. The van der Waals surface area contributed by atoms with Crippen molar-refractivity contribution in [3.05, 3.63) is 72.2 Å². The van der Waals surface area contributed by atoms with Crippen LogP contribution < -0.4 is 10.6 Å². The second-order valence-corrected chi connectivity index (χ2v) is 4.14. The Morgan fingerprint density at radius 1 is 1.05 bits per heavy atom. The van der Waals surface area contributed by atoms with E-state index in [-0.39, 0.29) is 5.57 Å². The van der Waals surface area contributed by atoms with Crippen molar-refractivity contribution in [1.82, 2.24) is 0 Å². The molecule has 2 aromatic rings. The minimum atomic E-state index is -0.562. The maximum absolute atomic E-state index is 12.8. The van der Waals surface area contributed by atoms with E-state index in [0.717, 1.165) is 5.69 Å². The highest BCUT2D eigenvalue weighted by Gasteiger charge is 2.09. The number of anilines is 2. The van der Waals surface area contributed by atoms with Gasteiger partial charge in [0, 0.05) is 17.6 Å². The van der Waals surface area contributed by atoms with Crippen molar-refractivity contribution in [3.63, 3.8) is 0 Å². The molecule has 0 saturated carbocycles. The summed E-state index contributed by atoms with van der Waals surface area (Å²) in [5.41, 5.74) is 1.10. The molecule has 0 aliphatic heterocycles. The minimum Gasteiger partial charge on any atom is -0.360 e. The summed E-state index contributed by atoms with van der Waals surface area (Å²) in [5.74, 6) is -0.956. The number of carbonyl (C=O) groups excluding carboxylic acids is 1. The van der Waals surface area contributed by atoms with E-state index in [1.54, 1.807) is 0 Å². The van der Waals surface area contributed by atoms with Gasteiger partial charge in [-0.2, -0.15) is 5.26 Å². The normalized spacial score (nSPS) is 10.6. The van der Waals surface area contributed by atoms with Gasteiger partial charge in [-0.1, -0.05) is 18.2 Å². The molecule has 2 aromatic carbocycles. The zero-order valence-corrected chi connectivity index (χ0v) is 11.0. The largest absolute Gasteiger partial charge is 0.360 e. The molecular formula is C16H12FN3O. The lowest BCUT2D eigenvalue weighted by Crippen LogP contribution is -2.14. The number of nitrogens with zero attached hydrogens (tertiary/aromatic N) is 1. The second kappa shape index (κ2) is 6.87. The van der Waals surface area contributed by atoms with Crippen LogP contribution in [0.5, 0.6) is 0 Å². The third-order valence-corrected chi connectivity index (χ3v) is 2.62. The van der Waals surface area contributed by atoms with Crippen LogP contribution in [0.3, 0.4) is 0 Å². The molecule has 0 aromatic heterocycles. The third kappa shape index (κ3) is 4.18. The van der Waals surface area contributed by atoms with Crippen molar-refractivity contribution in [3.8, 4) is 6.07 Å². The van der Waals surface area contributed by atoms with Crippen molar-refractivity contribution in [2.24, 2.45) is 0 Å². The second-order valence-electron chi connectivity index (χ2n) is 4.14. The molecule has 2 rings (SSSR count). The van der Waals surface area contributed by atoms with Crippen molar-refractivity contribution < 1.29 is 9.18 Å². The van der Waals surface area contributed by atoms with Crippen LogP contribution in [0, 0.1) is 17.1 Å². The first kappa shape index (κ1) is 14.3. The van der Waals surface area contributed by atoms with Crippen LogP contribution in [-0.4, -0.2) is 5.91 Å². The molecule has 0 aliphatic carbocycles. The van der Waals surface area contributed by atoms with E-state index in [9.17, 15) is 9.18 Å². The van der Waals surface area contributed by atoms with Crippen molar-refractivity contribution >= 4 is 17.3 Å². The first-order valence-electron chi connectivity index (χ1n) is 6.18. The Morgan fingerprint density at radius 3 is 2.33 bits per heavy atom. The van der Waals surface area contributed by atoms with Crippen molar-refractivity contribution in [1.29, 1.82) is 5.26 Å². The number of benzene rings is 2. The Labute approximate surface area is 121 Å². The van der Waals surface area contributed by atoms with Crippen LogP contribution in [-0.2, 0) is 4.79 Å². The molecule has 0 spiro atoms. The van der Waals surface area contributed by atoms with E-state index in [4.69, 9.17) is 5.26 Å². The molecule has 0 radical (unpaired) electrons. The summed E-state index contributed by atoms with van der Waals surface area (Å²) < 4.78 is 12.8. The minimum absolute atomic E-state index is 0.0804. The van der Waals surface area contributed by atoms with Gasteiger partial charge in [0.1, 0.15) is 17.5 Å². The van der Waals surface area contributed by atoms with Crippen LogP contribution in [0.2, 0.25) is 0 Å². The van der Waals surface area contributed by atoms with Gasteiger partial charge >= 0.3 is 0 Å². The monoisotopic (exact) mass is 281 g/mol. The van der Waals surface area contributed by atoms with Gasteiger partial charge in [-0.25, -0.2) is 4.39 Å². The molecule has 0 saturated heterocycles. The molecule has 0 aliphatic rings. The Hall–Kier alpha value is -3.13.